The molecule has 3 unspecified atom stereocenters. The summed E-state index contributed by atoms with van der Waals surface area (Å²) in [7, 11) is 4.72. The third-order valence-electron chi connectivity index (χ3n) is 3.21. The molecule has 0 amide bonds. The van der Waals surface area contributed by atoms with Crippen molar-refractivity contribution in [2.75, 3.05) is 7.11 Å². The summed E-state index contributed by atoms with van der Waals surface area (Å²) >= 11 is 5.14. The van der Waals surface area contributed by atoms with Crippen molar-refractivity contribution in [3.05, 3.63) is 29.8 Å². The molecule has 1 aromatic rings. The predicted molar refractivity (Wildman–Crippen MR) is 84.6 cm³/mol. The van der Waals surface area contributed by atoms with Crippen molar-refractivity contribution >= 4 is 38.2 Å². The lowest BCUT2D eigenvalue weighted by atomic mass is 9.93. The van der Waals surface area contributed by atoms with Crippen molar-refractivity contribution in [2.45, 2.75) is 23.8 Å². The minimum absolute atomic E-state index is 0.587. The van der Waals surface area contributed by atoms with Crippen LogP contribution in [-0.2, 0) is 27.1 Å². The normalized spacial score (nSPS) is 28.0. The molecule has 1 aliphatic rings. The number of methoxy groups -OCH3 is 1. The lowest BCUT2D eigenvalue weighted by Crippen LogP contribution is -2.25. The van der Waals surface area contributed by atoms with Crippen molar-refractivity contribution in [3.63, 3.8) is 0 Å². The Morgan fingerprint density at radius 3 is 2.59 bits per heavy atom. The zero-order valence-electron chi connectivity index (χ0n) is 10.0. The van der Waals surface area contributed by atoms with E-state index in [0.29, 0.717) is 11.2 Å². The van der Waals surface area contributed by atoms with E-state index in [9.17, 15) is 0 Å². The minimum atomic E-state index is 0.587. The molecule has 1 aliphatic heterocycles. The number of hydrogen-bond donors (Lipinski definition) is 2. The van der Waals surface area contributed by atoms with E-state index in [4.69, 9.17) is 17.0 Å². The molecule has 94 valence electrons. The topological polar surface area (TPSA) is 9.23 Å². The van der Waals surface area contributed by atoms with E-state index in [2.05, 4.69) is 19.1 Å². The Kier molecular flexibility index (Phi) is 4.77. The van der Waals surface area contributed by atoms with Gasteiger partial charge < -0.3 is 4.74 Å². The molecule has 0 fully saturated rings. The number of ether oxygens (including phenoxy) is 1. The van der Waals surface area contributed by atoms with E-state index < -0.39 is 0 Å². The summed E-state index contributed by atoms with van der Waals surface area (Å²) in [6, 6.07) is 8.41. The number of thiol groups is 2. The molecule has 0 N–H and O–H groups in total. The molecule has 3 atom stereocenters. The first kappa shape index (κ1) is 13.2. The monoisotopic (exact) mass is 286 g/mol. The Morgan fingerprint density at radius 2 is 2.00 bits per heavy atom. The van der Waals surface area contributed by atoms with Crippen LogP contribution in [0.15, 0.2) is 24.3 Å². The molecule has 0 saturated carbocycles. The van der Waals surface area contributed by atoms with Crippen LogP contribution >= 0.6 is 12.2 Å². The van der Waals surface area contributed by atoms with E-state index in [1.807, 2.05) is 17.5 Å². The zero-order chi connectivity index (χ0) is 12.3. The van der Waals surface area contributed by atoms with E-state index in [-0.39, 0.29) is 0 Å². The molecule has 1 aromatic carbocycles. The maximum Gasteiger partial charge on any atom is 0.118 e. The fourth-order valence-electron chi connectivity index (χ4n) is 2.09. The van der Waals surface area contributed by atoms with E-state index in [1.165, 1.54) is 26.2 Å². The molecule has 0 aliphatic carbocycles. The number of rotatable bonds is 4. The molecule has 17 heavy (non-hydrogen) atoms. The molecule has 2 rings (SSSR count). The first-order chi connectivity index (χ1) is 8.24. The van der Waals surface area contributed by atoms with Gasteiger partial charge in [-0.05, 0) is 35.4 Å². The summed E-state index contributed by atoms with van der Waals surface area (Å²) < 4.78 is 5.18. The van der Waals surface area contributed by atoms with Crippen LogP contribution in [0.2, 0.25) is 0 Å². The van der Waals surface area contributed by atoms with E-state index >= 15 is 0 Å². The summed E-state index contributed by atoms with van der Waals surface area (Å²) in [6.07, 6.45) is 1.13. The van der Waals surface area contributed by atoms with Crippen LogP contribution in [-0.4, -0.2) is 23.0 Å². The number of benzene rings is 1. The van der Waals surface area contributed by atoms with Gasteiger partial charge in [0.25, 0.3) is 0 Å². The summed E-state index contributed by atoms with van der Waals surface area (Å²) in [5.74, 6) is 1.63. The first-order valence-electron chi connectivity index (χ1n) is 5.72. The Labute approximate surface area is 115 Å². The van der Waals surface area contributed by atoms with Crippen molar-refractivity contribution in [2.24, 2.45) is 5.92 Å². The van der Waals surface area contributed by atoms with Crippen LogP contribution in [0, 0.1) is 5.92 Å². The Hall–Kier alpha value is -0.190. The Balaban J connectivity index is 2.06. The maximum atomic E-state index is 5.18. The SMILES string of the molecule is COc1ccc(CC2C(C)[SH]=[SH]C2C=S)cc1. The smallest absolute Gasteiger partial charge is 0.118 e. The largest absolute Gasteiger partial charge is 0.497 e. The average Bonchev–Trinajstić information content (AvgIpc) is 2.71. The molecule has 4 heteroatoms. The second kappa shape index (κ2) is 6.12. The van der Waals surface area contributed by atoms with Gasteiger partial charge >= 0.3 is 0 Å². The lowest BCUT2D eigenvalue weighted by Gasteiger charge is -2.19. The van der Waals surface area contributed by atoms with Gasteiger partial charge in [0.2, 0.25) is 0 Å². The van der Waals surface area contributed by atoms with Crippen molar-refractivity contribution in [1.82, 2.24) is 0 Å². The van der Waals surface area contributed by atoms with Gasteiger partial charge in [0.05, 0.1) is 7.11 Å². The average molecular weight is 286 g/mol. The highest BCUT2D eigenvalue weighted by Gasteiger charge is 2.27. The van der Waals surface area contributed by atoms with Crippen LogP contribution in [0.25, 0.3) is 0 Å². The number of hydrogen-bond acceptors (Lipinski definition) is 2. The maximum absolute atomic E-state index is 5.18. The van der Waals surface area contributed by atoms with Crippen molar-refractivity contribution < 1.29 is 4.74 Å². The summed E-state index contributed by atoms with van der Waals surface area (Å²) in [5, 5.41) is 3.30. The van der Waals surface area contributed by atoms with Crippen LogP contribution in [0.5, 0.6) is 5.75 Å². The fourth-order valence-corrected chi connectivity index (χ4v) is 6.62. The summed E-state index contributed by atoms with van der Waals surface area (Å²) in [4.78, 5) is 0. The molecule has 0 bridgehead atoms. The van der Waals surface area contributed by atoms with Gasteiger partial charge in [-0.3, -0.25) is 0 Å². The van der Waals surface area contributed by atoms with Gasteiger partial charge in [-0.25, -0.2) is 0 Å². The van der Waals surface area contributed by atoms with Gasteiger partial charge in [-0.1, -0.05) is 31.3 Å². The van der Waals surface area contributed by atoms with Crippen LogP contribution in [0.3, 0.4) is 0 Å². The molecule has 0 radical (unpaired) electrons. The third kappa shape index (κ3) is 3.18. The molecule has 0 spiro atoms. The standard InChI is InChI=1S/C13H18OS3/c1-9-12(13(8-15)17-16-9)7-10-3-5-11(14-2)6-4-10/h3-6,8-9,12-13,16-17H,7H2,1-2H3. The minimum Gasteiger partial charge on any atom is -0.497 e. The molecule has 0 saturated heterocycles. The highest BCUT2D eigenvalue weighted by molar-refractivity contribution is 8.28. The van der Waals surface area contributed by atoms with Gasteiger partial charge in [-0.2, -0.15) is 20.6 Å². The predicted octanol–water partition coefficient (Wildman–Crippen LogP) is 2.17. The lowest BCUT2D eigenvalue weighted by molar-refractivity contribution is 0.414. The molecular weight excluding hydrogens is 268 g/mol. The van der Waals surface area contributed by atoms with Gasteiger partial charge in [0.15, 0.2) is 0 Å². The van der Waals surface area contributed by atoms with Crippen LogP contribution < -0.4 is 4.74 Å². The van der Waals surface area contributed by atoms with Gasteiger partial charge in [0, 0.05) is 10.5 Å². The summed E-state index contributed by atoms with van der Waals surface area (Å²) in [6.45, 7) is 2.33. The Morgan fingerprint density at radius 1 is 1.29 bits per heavy atom. The van der Waals surface area contributed by atoms with Crippen LogP contribution in [0.1, 0.15) is 12.5 Å². The second-order valence-electron chi connectivity index (χ2n) is 4.31. The zero-order valence-corrected chi connectivity index (χ0v) is 12.6. The van der Waals surface area contributed by atoms with Crippen LogP contribution in [0.4, 0.5) is 0 Å². The Bertz CT molecular complexity index is 413. The van der Waals surface area contributed by atoms with E-state index in [1.54, 1.807) is 7.11 Å². The van der Waals surface area contributed by atoms with Gasteiger partial charge in [0.1, 0.15) is 5.75 Å². The molecule has 1 nitrogen and oxygen atoms in total. The third-order valence-corrected chi connectivity index (χ3v) is 7.68. The highest BCUT2D eigenvalue weighted by Crippen LogP contribution is 2.24. The quantitative estimate of drug-likeness (QED) is 0.648. The molecular formula is C13H18OS3. The molecule has 0 aromatic heterocycles. The highest BCUT2D eigenvalue weighted by atomic mass is 32.8. The fraction of sp³-hybridized carbons (Fsp3) is 0.462. The first-order valence-corrected chi connectivity index (χ1v) is 8.83. The van der Waals surface area contributed by atoms with Crippen molar-refractivity contribution in [1.29, 1.82) is 0 Å². The second-order valence-corrected chi connectivity index (χ2v) is 7.84. The summed E-state index contributed by atoms with van der Waals surface area (Å²) in [5.41, 5.74) is 1.39. The number of thiocarbonyl (C=S) groups is 1. The van der Waals surface area contributed by atoms with Gasteiger partial charge in [-0.15, -0.1) is 0 Å². The van der Waals surface area contributed by atoms with E-state index in [0.717, 1.165) is 17.4 Å². The molecule has 1 heterocycles. The van der Waals surface area contributed by atoms with Crippen molar-refractivity contribution in [3.8, 4) is 5.75 Å².